The maximum atomic E-state index is 5.20. The van der Waals surface area contributed by atoms with Crippen LogP contribution in [-0.4, -0.2) is 0 Å². The summed E-state index contributed by atoms with van der Waals surface area (Å²) in [6, 6.07) is 12.4. The smallest absolute Gasteiger partial charge is 0.177 e. The number of fused-ring (bicyclic) bond motifs is 3. The Kier molecular flexibility index (Phi) is 0.737. The summed E-state index contributed by atoms with van der Waals surface area (Å²) in [7, 11) is 0. The van der Waals surface area contributed by atoms with Gasteiger partial charge in [-0.15, -0.1) is 0 Å². The van der Waals surface area contributed by atoms with Gasteiger partial charge in [-0.25, -0.2) is 0 Å². The highest BCUT2D eigenvalue weighted by Gasteiger charge is 2.28. The minimum atomic E-state index is 1.05. The standard InChI is InChI=1S/C10H6O/c1-2-4-7-6-9-10(11-9)8(7)5-3-1/h1-6H. The molecule has 0 aromatic heterocycles. The van der Waals surface area contributed by atoms with E-state index >= 15 is 0 Å². The van der Waals surface area contributed by atoms with Crippen LogP contribution in [0, 0.1) is 0 Å². The Morgan fingerprint density at radius 3 is 2.91 bits per heavy atom. The van der Waals surface area contributed by atoms with Gasteiger partial charge in [-0.05, 0) is 11.6 Å². The number of hydrogen-bond acceptors (Lipinski definition) is 1. The minimum Gasteiger partial charge on any atom is -0.449 e. The predicted molar refractivity (Wildman–Crippen MR) is 43.1 cm³/mol. The summed E-state index contributed by atoms with van der Waals surface area (Å²) in [4.78, 5) is 0. The van der Waals surface area contributed by atoms with Gasteiger partial charge in [0, 0.05) is 5.56 Å². The molecule has 1 heterocycles. The van der Waals surface area contributed by atoms with Crippen LogP contribution in [0.25, 0.3) is 11.1 Å². The molecule has 0 spiro atoms. The Bertz CT molecular complexity index is 392. The lowest BCUT2D eigenvalue weighted by Gasteiger charge is -1.90. The highest BCUT2D eigenvalue weighted by atomic mass is 16.6. The maximum Gasteiger partial charge on any atom is 0.177 e. The van der Waals surface area contributed by atoms with Crippen molar-refractivity contribution in [3.63, 3.8) is 0 Å². The van der Waals surface area contributed by atoms with E-state index in [2.05, 4.69) is 18.2 Å². The first kappa shape index (κ1) is 5.19. The molecule has 0 aromatic carbocycles. The van der Waals surface area contributed by atoms with Crippen molar-refractivity contribution in [3.05, 3.63) is 36.4 Å². The molecule has 3 rings (SSSR count). The zero-order valence-corrected chi connectivity index (χ0v) is 5.87. The van der Waals surface area contributed by atoms with Crippen molar-refractivity contribution in [2.45, 2.75) is 0 Å². The van der Waals surface area contributed by atoms with E-state index in [0.29, 0.717) is 0 Å². The maximum absolute atomic E-state index is 5.20. The Morgan fingerprint density at radius 2 is 1.91 bits per heavy atom. The molecule has 0 bridgehead atoms. The molecule has 0 saturated heterocycles. The molecule has 0 amide bonds. The second-order valence-corrected chi connectivity index (χ2v) is 2.72. The SMILES string of the molecule is c1ccc2cc3c(c-2cc1)O3. The zero-order chi connectivity index (χ0) is 7.26. The summed E-state index contributed by atoms with van der Waals surface area (Å²) in [5.74, 6) is 2.11. The van der Waals surface area contributed by atoms with E-state index in [1.165, 1.54) is 11.1 Å². The molecule has 1 heteroatoms. The van der Waals surface area contributed by atoms with Gasteiger partial charge in [0.15, 0.2) is 11.5 Å². The normalized spacial score (nSPS) is 12.4. The quantitative estimate of drug-likeness (QED) is 0.439. The lowest BCUT2D eigenvalue weighted by atomic mass is 10.2. The Labute approximate surface area is 64.6 Å². The van der Waals surface area contributed by atoms with Crippen molar-refractivity contribution in [2.24, 2.45) is 0 Å². The summed E-state index contributed by atoms with van der Waals surface area (Å²) >= 11 is 0. The summed E-state index contributed by atoms with van der Waals surface area (Å²) in [6.07, 6.45) is 0. The van der Waals surface area contributed by atoms with Crippen molar-refractivity contribution in [1.82, 2.24) is 0 Å². The summed E-state index contributed by atoms with van der Waals surface area (Å²) in [5.41, 5.74) is 2.50. The predicted octanol–water partition coefficient (Wildman–Crippen LogP) is 2.90. The monoisotopic (exact) mass is 142 g/mol. The molecule has 2 aliphatic carbocycles. The van der Waals surface area contributed by atoms with Crippen LogP contribution in [-0.2, 0) is 0 Å². The van der Waals surface area contributed by atoms with Crippen LogP contribution >= 0.6 is 0 Å². The van der Waals surface area contributed by atoms with E-state index in [-0.39, 0.29) is 0 Å². The van der Waals surface area contributed by atoms with Gasteiger partial charge in [-0.2, -0.15) is 0 Å². The van der Waals surface area contributed by atoms with Crippen LogP contribution in [0.1, 0.15) is 0 Å². The molecule has 1 aliphatic heterocycles. The lowest BCUT2D eigenvalue weighted by Crippen LogP contribution is -1.67. The van der Waals surface area contributed by atoms with Gasteiger partial charge < -0.3 is 4.74 Å². The topological polar surface area (TPSA) is 12.5 Å². The second kappa shape index (κ2) is 1.56. The molecular weight excluding hydrogens is 136 g/mol. The van der Waals surface area contributed by atoms with Crippen molar-refractivity contribution < 1.29 is 4.74 Å². The number of hydrogen-bond donors (Lipinski definition) is 0. The molecule has 0 radical (unpaired) electrons. The van der Waals surface area contributed by atoms with Crippen LogP contribution in [0.4, 0.5) is 0 Å². The molecule has 0 atom stereocenters. The van der Waals surface area contributed by atoms with E-state index in [1.807, 2.05) is 18.2 Å². The minimum absolute atomic E-state index is 1.05. The van der Waals surface area contributed by atoms with Gasteiger partial charge in [0.1, 0.15) is 0 Å². The largest absolute Gasteiger partial charge is 0.449 e. The van der Waals surface area contributed by atoms with Crippen LogP contribution in [0.2, 0.25) is 0 Å². The van der Waals surface area contributed by atoms with Crippen molar-refractivity contribution in [2.75, 3.05) is 0 Å². The van der Waals surface area contributed by atoms with Crippen molar-refractivity contribution in [3.8, 4) is 22.6 Å². The molecule has 52 valence electrons. The van der Waals surface area contributed by atoms with E-state index in [1.54, 1.807) is 0 Å². The van der Waals surface area contributed by atoms with Gasteiger partial charge >= 0.3 is 0 Å². The average Bonchev–Trinajstić information content (AvgIpc) is 2.73. The summed E-state index contributed by atoms with van der Waals surface area (Å²) < 4.78 is 5.20. The molecular formula is C10H6O. The third-order valence-electron chi connectivity index (χ3n) is 2.00. The zero-order valence-electron chi connectivity index (χ0n) is 5.87. The molecule has 0 aromatic rings. The van der Waals surface area contributed by atoms with E-state index < -0.39 is 0 Å². The van der Waals surface area contributed by atoms with Crippen LogP contribution in [0.5, 0.6) is 11.5 Å². The van der Waals surface area contributed by atoms with Gasteiger partial charge in [-0.1, -0.05) is 30.3 Å². The Balaban J connectivity index is 2.43. The molecule has 3 aliphatic rings. The lowest BCUT2D eigenvalue weighted by molar-refractivity contribution is 0.646. The van der Waals surface area contributed by atoms with E-state index in [0.717, 1.165) is 11.5 Å². The first-order chi connectivity index (χ1) is 5.45. The number of ether oxygens (including phenoxy) is 1. The molecule has 0 N–H and O–H groups in total. The highest BCUT2D eigenvalue weighted by Crippen LogP contribution is 2.56. The first-order valence-electron chi connectivity index (χ1n) is 3.65. The van der Waals surface area contributed by atoms with Crippen molar-refractivity contribution in [1.29, 1.82) is 0 Å². The van der Waals surface area contributed by atoms with Crippen LogP contribution < -0.4 is 4.74 Å². The molecule has 0 unspecified atom stereocenters. The van der Waals surface area contributed by atoms with E-state index in [4.69, 9.17) is 4.74 Å². The Morgan fingerprint density at radius 1 is 1.00 bits per heavy atom. The average molecular weight is 142 g/mol. The fraction of sp³-hybridized carbons (Fsp3) is 0. The second-order valence-electron chi connectivity index (χ2n) is 2.72. The number of rotatable bonds is 0. The first-order valence-corrected chi connectivity index (χ1v) is 3.65. The Hall–Kier alpha value is -1.50. The summed E-state index contributed by atoms with van der Waals surface area (Å²) in [5, 5.41) is 0. The van der Waals surface area contributed by atoms with Crippen molar-refractivity contribution >= 4 is 0 Å². The molecule has 1 nitrogen and oxygen atoms in total. The van der Waals surface area contributed by atoms with Gasteiger partial charge in [0.25, 0.3) is 0 Å². The van der Waals surface area contributed by atoms with Crippen LogP contribution in [0.3, 0.4) is 0 Å². The van der Waals surface area contributed by atoms with E-state index in [9.17, 15) is 0 Å². The molecule has 0 fully saturated rings. The fourth-order valence-electron chi connectivity index (χ4n) is 1.40. The third kappa shape index (κ3) is 0.598. The van der Waals surface area contributed by atoms with Gasteiger partial charge in [0.05, 0.1) is 0 Å². The fourth-order valence-corrected chi connectivity index (χ4v) is 1.40. The van der Waals surface area contributed by atoms with Gasteiger partial charge in [0.2, 0.25) is 0 Å². The van der Waals surface area contributed by atoms with Gasteiger partial charge in [-0.3, -0.25) is 0 Å². The highest BCUT2D eigenvalue weighted by molar-refractivity contribution is 5.85. The molecule has 0 saturated carbocycles. The van der Waals surface area contributed by atoms with Crippen LogP contribution in [0.15, 0.2) is 36.4 Å². The third-order valence-corrected chi connectivity index (χ3v) is 2.00. The summed E-state index contributed by atoms with van der Waals surface area (Å²) in [6.45, 7) is 0. The molecule has 11 heavy (non-hydrogen) atoms.